The number of aromatic nitrogens is 3. The number of halogens is 1. The van der Waals surface area contributed by atoms with Crippen LogP contribution in [0.15, 0.2) is 29.4 Å². The standard InChI is InChI=1S/C11H11ClN4O2S/c1-7-6-14-10(11(15-7)18-2)16-19(17)8-4-3-5-13-9(8)12/h3-6H,1-2H3,(H,14,16). The van der Waals surface area contributed by atoms with Crippen molar-refractivity contribution in [3.63, 3.8) is 0 Å². The molecule has 100 valence electrons. The number of nitrogens with one attached hydrogen (secondary N) is 1. The molecule has 0 fully saturated rings. The highest BCUT2D eigenvalue weighted by molar-refractivity contribution is 7.86. The third-order valence-electron chi connectivity index (χ3n) is 2.17. The van der Waals surface area contributed by atoms with E-state index in [9.17, 15) is 4.21 Å². The van der Waals surface area contributed by atoms with Gasteiger partial charge in [0, 0.05) is 6.20 Å². The topological polar surface area (TPSA) is 77.0 Å². The van der Waals surface area contributed by atoms with Crippen molar-refractivity contribution in [3.05, 3.63) is 35.4 Å². The van der Waals surface area contributed by atoms with E-state index in [1.807, 2.05) is 0 Å². The first-order valence-electron chi connectivity index (χ1n) is 5.28. The van der Waals surface area contributed by atoms with Crippen LogP contribution in [-0.2, 0) is 11.0 Å². The molecule has 1 unspecified atom stereocenters. The molecule has 1 N–H and O–H groups in total. The molecular weight excluding hydrogens is 288 g/mol. The fraction of sp³-hybridized carbons (Fsp3) is 0.182. The van der Waals surface area contributed by atoms with Gasteiger partial charge in [-0.25, -0.2) is 19.2 Å². The van der Waals surface area contributed by atoms with Crippen molar-refractivity contribution < 1.29 is 8.95 Å². The number of nitrogens with zero attached hydrogens (tertiary/aromatic N) is 3. The number of rotatable bonds is 4. The maximum atomic E-state index is 12.1. The highest BCUT2D eigenvalue weighted by atomic mass is 35.5. The number of anilines is 1. The fourth-order valence-corrected chi connectivity index (χ4v) is 2.48. The van der Waals surface area contributed by atoms with Gasteiger partial charge in [0.1, 0.15) is 5.15 Å². The first-order chi connectivity index (χ1) is 9.11. The quantitative estimate of drug-likeness (QED) is 0.873. The Kier molecular flexibility index (Phi) is 4.28. The number of hydrogen-bond donors (Lipinski definition) is 1. The molecule has 0 aliphatic heterocycles. The second kappa shape index (κ2) is 5.94. The van der Waals surface area contributed by atoms with E-state index in [-0.39, 0.29) is 16.9 Å². The van der Waals surface area contributed by atoms with Crippen molar-refractivity contribution in [3.8, 4) is 5.88 Å². The Morgan fingerprint density at radius 2 is 2.21 bits per heavy atom. The van der Waals surface area contributed by atoms with Crippen LogP contribution in [-0.4, -0.2) is 26.3 Å². The summed E-state index contributed by atoms with van der Waals surface area (Å²) in [6.45, 7) is 1.79. The summed E-state index contributed by atoms with van der Waals surface area (Å²) in [5.41, 5.74) is 0.701. The van der Waals surface area contributed by atoms with E-state index in [2.05, 4.69) is 19.7 Å². The van der Waals surface area contributed by atoms with Crippen LogP contribution in [0.25, 0.3) is 0 Å². The lowest BCUT2D eigenvalue weighted by atomic mass is 10.5. The van der Waals surface area contributed by atoms with Crippen LogP contribution < -0.4 is 9.46 Å². The second-order valence-corrected chi connectivity index (χ2v) is 5.07. The Morgan fingerprint density at radius 3 is 2.89 bits per heavy atom. The van der Waals surface area contributed by atoms with Gasteiger partial charge in [-0.05, 0) is 19.1 Å². The lowest BCUT2D eigenvalue weighted by Gasteiger charge is -2.09. The summed E-state index contributed by atoms with van der Waals surface area (Å²) in [6.07, 6.45) is 3.07. The summed E-state index contributed by atoms with van der Waals surface area (Å²) in [7, 11) is -0.125. The third-order valence-corrected chi connectivity index (χ3v) is 3.69. The van der Waals surface area contributed by atoms with Crippen LogP contribution in [0, 0.1) is 6.92 Å². The first kappa shape index (κ1) is 13.7. The van der Waals surface area contributed by atoms with E-state index in [0.717, 1.165) is 0 Å². The molecular formula is C11H11ClN4O2S. The summed E-state index contributed by atoms with van der Waals surface area (Å²) in [6, 6.07) is 3.27. The molecule has 0 saturated carbocycles. The van der Waals surface area contributed by atoms with Crippen LogP contribution >= 0.6 is 11.6 Å². The summed E-state index contributed by atoms with van der Waals surface area (Å²) < 4.78 is 19.9. The van der Waals surface area contributed by atoms with E-state index in [1.54, 1.807) is 25.3 Å². The second-order valence-electron chi connectivity index (χ2n) is 3.53. The normalized spacial score (nSPS) is 11.9. The average Bonchev–Trinajstić information content (AvgIpc) is 2.41. The predicted molar refractivity (Wildman–Crippen MR) is 72.6 cm³/mol. The molecule has 0 aliphatic carbocycles. The van der Waals surface area contributed by atoms with E-state index in [1.165, 1.54) is 13.3 Å². The molecule has 0 aliphatic rings. The van der Waals surface area contributed by atoms with Gasteiger partial charge in [-0.15, -0.1) is 0 Å². The molecule has 2 aromatic rings. The van der Waals surface area contributed by atoms with E-state index in [4.69, 9.17) is 16.3 Å². The van der Waals surface area contributed by atoms with E-state index < -0.39 is 11.0 Å². The molecule has 19 heavy (non-hydrogen) atoms. The van der Waals surface area contributed by atoms with Crippen molar-refractivity contribution in [1.29, 1.82) is 0 Å². The van der Waals surface area contributed by atoms with Crippen LogP contribution in [0.1, 0.15) is 5.69 Å². The van der Waals surface area contributed by atoms with Crippen LogP contribution in [0.3, 0.4) is 0 Å². The summed E-state index contributed by atoms with van der Waals surface area (Å²) in [5, 5.41) is 0.173. The summed E-state index contributed by atoms with van der Waals surface area (Å²) in [4.78, 5) is 12.5. The molecule has 2 rings (SSSR count). The molecule has 0 bridgehead atoms. The molecule has 1 atom stereocenters. The van der Waals surface area contributed by atoms with Gasteiger partial charge in [0.05, 0.1) is 23.9 Å². The molecule has 0 saturated heterocycles. The molecule has 2 heterocycles. The number of pyridine rings is 1. The SMILES string of the molecule is COc1nc(C)cnc1NS(=O)c1cccnc1Cl. The molecule has 0 amide bonds. The van der Waals surface area contributed by atoms with Gasteiger partial charge >= 0.3 is 0 Å². The Bertz CT molecular complexity index is 623. The van der Waals surface area contributed by atoms with Gasteiger partial charge in [-0.2, -0.15) is 0 Å². The van der Waals surface area contributed by atoms with E-state index >= 15 is 0 Å². The van der Waals surface area contributed by atoms with Crippen molar-refractivity contribution in [2.75, 3.05) is 11.8 Å². The molecule has 0 aromatic carbocycles. The van der Waals surface area contributed by atoms with Crippen LogP contribution in [0.4, 0.5) is 5.82 Å². The third kappa shape index (κ3) is 3.18. The summed E-state index contributed by atoms with van der Waals surface area (Å²) in [5.74, 6) is 0.555. The van der Waals surface area contributed by atoms with Gasteiger partial charge in [0.2, 0.25) is 5.82 Å². The number of methoxy groups -OCH3 is 1. The minimum absolute atomic E-state index is 0.173. The Morgan fingerprint density at radius 1 is 1.42 bits per heavy atom. The zero-order valence-corrected chi connectivity index (χ0v) is 11.8. The van der Waals surface area contributed by atoms with Gasteiger partial charge in [-0.1, -0.05) is 11.6 Å². The smallest absolute Gasteiger partial charge is 0.258 e. The van der Waals surface area contributed by atoms with E-state index in [0.29, 0.717) is 10.6 Å². The van der Waals surface area contributed by atoms with Gasteiger partial charge in [-0.3, -0.25) is 4.72 Å². The highest BCUT2D eigenvalue weighted by Gasteiger charge is 2.13. The number of aryl methyl sites for hydroxylation is 1. The van der Waals surface area contributed by atoms with Crippen molar-refractivity contribution in [2.24, 2.45) is 0 Å². The minimum Gasteiger partial charge on any atom is -0.478 e. The lowest BCUT2D eigenvalue weighted by Crippen LogP contribution is -2.09. The molecule has 6 nitrogen and oxygen atoms in total. The zero-order chi connectivity index (χ0) is 13.8. The number of ether oxygens (including phenoxy) is 1. The predicted octanol–water partition coefficient (Wildman–Crippen LogP) is 1.98. The first-order valence-corrected chi connectivity index (χ1v) is 6.81. The Balaban J connectivity index is 2.27. The van der Waals surface area contributed by atoms with Crippen LogP contribution in [0.2, 0.25) is 5.15 Å². The van der Waals surface area contributed by atoms with Crippen molar-refractivity contribution >= 4 is 28.4 Å². The molecule has 0 radical (unpaired) electrons. The van der Waals surface area contributed by atoms with Gasteiger partial charge in [0.25, 0.3) is 5.88 Å². The summed E-state index contributed by atoms with van der Waals surface area (Å²) >= 11 is 5.87. The monoisotopic (exact) mass is 298 g/mol. The Hall–Kier alpha value is -1.73. The largest absolute Gasteiger partial charge is 0.478 e. The Labute approximate surface area is 117 Å². The zero-order valence-electron chi connectivity index (χ0n) is 10.3. The van der Waals surface area contributed by atoms with Gasteiger partial charge < -0.3 is 4.74 Å². The molecule has 2 aromatic heterocycles. The minimum atomic E-state index is -1.59. The molecule has 0 spiro atoms. The lowest BCUT2D eigenvalue weighted by molar-refractivity contribution is 0.397. The van der Waals surface area contributed by atoms with Crippen LogP contribution in [0.5, 0.6) is 5.88 Å². The molecule has 8 heteroatoms. The maximum Gasteiger partial charge on any atom is 0.258 e. The van der Waals surface area contributed by atoms with Gasteiger partial charge in [0.15, 0.2) is 11.0 Å². The fourth-order valence-electron chi connectivity index (χ4n) is 1.32. The van der Waals surface area contributed by atoms with Crippen molar-refractivity contribution in [2.45, 2.75) is 11.8 Å². The van der Waals surface area contributed by atoms with Crippen molar-refractivity contribution in [1.82, 2.24) is 15.0 Å². The average molecular weight is 299 g/mol. The number of hydrogen-bond acceptors (Lipinski definition) is 5. The maximum absolute atomic E-state index is 12.1. The highest BCUT2D eigenvalue weighted by Crippen LogP contribution is 2.22.